The van der Waals surface area contributed by atoms with Crippen molar-refractivity contribution < 1.29 is 14.0 Å². The van der Waals surface area contributed by atoms with E-state index in [0.717, 1.165) is 10.5 Å². The molecule has 22 heavy (non-hydrogen) atoms. The smallest absolute Gasteiger partial charge is 0.325 e. The van der Waals surface area contributed by atoms with Crippen LogP contribution in [0.4, 0.5) is 4.79 Å². The van der Waals surface area contributed by atoms with Gasteiger partial charge in [0, 0.05) is 5.56 Å². The SMILES string of the molecule is CC(C)C1NC(=O)N(Cc2nnc(-c3ccccc3)o2)C1=O. The molecule has 3 rings (SSSR count). The van der Waals surface area contributed by atoms with E-state index in [1.807, 2.05) is 44.2 Å². The van der Waals surface area contributed by atoms with Crippen LogP contribution in [0.2, 0.25) is 0 Å². The number of carbonyl (C=O) groups is 2. The average molecular weight is 300 g/mol. The summed E-state index contributed by atoms with van der Waals surface area (Å²) in [5.41, 5.74) is 0.790. The zero-order valence-electron chi connectivity index (χ0n) is 12.3. The Morgan fingerprint density at radius 2 is 1.95 bits per heavy atom. The minimum atomic E-state index is -0.496. The van der Waals surface area contributed by atoms with Gasteiger partial charge in [-0.05, 0) is 18.1 Å². The van der Waals surface area contributed by atoms with E-state index < -0.39 is 12.1 Å². The Labute approximate surface area is 127 Å². The fourth-order valence-corrected chi connectivity index (χ4v) is 2.29. The van der Waals surface area contributed by atoms with Crippen molar-refractivity contribution >= 4 is 11.9 Å². The summed E-state index contributed by atoms with van der Waals surface area (Å²) in [5.74, 6) is 0.360. The number of nitrogens with zero attached hydrogens (tertiary/aromatic N) is 3. The molecule has 1 fully saturated rings. The maximum Gasteiger partial charge on any atom is 0.325 e. The highest BCUT2D eigenvalue weighted by Crippen LogP contribution is 2.20. The third-order valence-corrected chi connectivity index (χ3v) is 3.50. The number of carbonyl (C=O) groups excluding carboxylic acids is 2. The minimum Gasteiger partial charge on any atom is -0.419 e. The van der Waals surface area contributed by atoms with Crippen LogP contribution in [-0.2, 0) is 11.3 Å². The van der Waals surface area contributed by atoms with Gasteiger partial charge in [-0.1, -0.05) is 32.0 Å². The van der Waals surface area contributed by atoms with Crippen LogP contribution >= 0.6 is 0 Å². The highest BCUT2D eigenvalue weighted by molar-refractivity contribution is 6.04. The molecule has 0 spiro atoms. The van der Waals surface area contributed by atoms with E-state index in [4.69, 9.17) is 4.42 Å². The van der Waals surface area contributed by atoms with Crippen molar-refractivity contribution in [2.75, 3.05) is 0 Å². The number of amides is 3. The lowest BCUT2D eigenvalue weighted by Crippen LogP contribution is -2.34. The van der Waals surface area contributed by atoms with Crippen LogP contribution in [0.15, 0.2) is 34.7 Å². The second-order valence-corrected chi connectivity index (χ2v) is 5.46. The highest BCUT2D eigenvalue weighted by atomic mass is 16.4. The first-order valence-electron chi connectivity index (χ1n) is 7.06. The molecular formula is C15H16N4O3. The number of rotatable bonds is 4. The van der Waals surface area contributed by atoms with Crippen molar-refractivity contribution in [3.63, 3.8) is 0 Å². The summed E-state index contributed by atoms with van der Waals surface area (Å²) in [6.07, 6.45) is 0. The fourth-order valence-electron chi connectivity index (χ4n) is 2.29. The van der Waals surface area contributed by atoms with Gasteiger partial charge in [-0.25, -0.2) is 4.79 Å². The van der Waals surface area contributed by atoms with Crippen LogP contribution in [0, 0.1) is 5.92 Å². The summed E-state index contributed by atoms with van der Waals surface area (Å²) >= 11 is 0. The largest absolute Gasteiger partial charge is 0.419 e. The monoisotopic (exact) mass is 300 g/mol. The predicted molar refractivity (Wildman–Crippen MR) is 77.4 cm³/mol. The minimum absolute atomic E-state index is 0.0201. The highest BCUT2D eigenvalue weighted by Gasteiger charge is 2.40. The number of nitrogens with one attached hydrogen (secondary N) is 1. The van der Waals surface area contributed by atoms with Crippen LogP contribution in [0.5, 0.6) is 0 Å². The predicted octanol–water partition coefficient (Wildman–Crippen LogP) is 1.81. The third kappa shape index (κ3) is 2.57. The Morgan fingerprint density at radius 3 is 2.59 bits per heavy atom. The summed E-state index contributed by atoms with van der Waals surface area (Å²) in [6, 6.07) is 8.39. The molecule has 3 amide bonds. The molecule has 0 radical (unpaired) electrons. The number of hydrogen-bond acceptors (Lipinski definition) is 5. The summed E-state index contributed by atoms with van der Waals surface area (Å²) in [5, 5.41) is 10.5. The lowest BCUT2D eigenvalue weighted by Gasteiger charge is -2.12. The molecule has 0 bridgehead atoms. The molecule has 1 N–H and O–H groups in total. The van der Waals surface area contributed by atoms with Crippen molar-refractivity contribution in [2.24, 2.45) is 5.92 Å². The molecule has 7 nitrogen and oxygen atoms in total. The zero-order valence-corrected chi connectivity index (χ0v) is 12.3. The molecule has 1 aromatic carbocycles. The Balaban J connectivity index is 1.76. The molecule has 1 saturated heterocycles. The van der Waals surface area contributed by atoms with Gasteiger partial charge < -0.3 is 9.73 Å². The number of aromatic nitrogens is 2. The summed E-state index contributed by atoms with van der Waals surface area (Å²) in [6.45, 7) is 3.74. The van der Waals surface area contributed by atoms with E-state index in [0.29, 0.717) is 5.89 Å². The van der Waals surface area contributed by atoms with Gasteiger partial charge in [0.05, 0.1) is 0 Å². The fraction of sp³-hybridized carbons (Fsp3) is 0.333. The van der Waals surface area contributed by atoms with Gasteiger partial charge in [-0.15, -0.1) is 10.2 Å². The summed E-state index contributed by atoms with van der Waals surface area (Å²) < 4.78 is 5.53. The van der Waals surface area contributed by atoms with E-state index in [-0.39, 0.29) is 24.3 Å². The summed E-state index contributed by atoms with van der Waals surface area (Å²) in [4.78, 5) is 25.2. The molecule has 0 saturated carbocycles. The van der Waals surface area contributed by atoms with Crippen molar-refractivity contribution in [3.8, 4) is 11.5 Å². The molecule has 1 aliphatic heterocycles. The molecule has 7 heteroatoms. The second kappa shape index (κ2) is 5.59. The topological polar surface area (TPSA) is 88.3 Å². The van der Waals surface area contributed by atoms with Crippen molar-refractivity contribution in [1.82, 2.24) is 20.4 Å². The number of imide groups is 1. The molecule has 1 aromatic heterocycles. The maximum atomic E-state index is 12.2. The molecule has 114 valence electrons. The van der Waals surface area contributed by atoms with E-state index in [1.54, 1.807) is 0 Å². The molecule has 1 unspecified atom stereocenters. The average Bonchev–Trinajstić information content (AvgIpc) is 3.08. The van der Waals surface area contributed by atoms with Crippen molar-refractivity contribution in [1.29, 1.82) is 0 Å². The first kappa shape index (κ1) is 14.2. The Bertz CT molecular complexity index is 696. The maximum absolute atomic E-state index is 12.2. The lowest BCUT2D eigenvalue weighted by atomic mass is 10.1. The molecule has 1 aliphatic rings. The standard InChI is InChI=1S/C15H16N4O3/c1-9(2)12-14(20)19(15(21)16-12)8-11-17-18-13(22-11)10-6-4-3-5-7-10/h3-7,9,12H,8H2,1-2H3,(H,16,21). The number of urea groups is 1. The molecule has 1 atom stereocenters. The van der Waals surface area contributed by atoms with E-state index >= 15 is 0 Å². The quantitative estimate of drug-likeness (QED) is 0.870. The second-order valence-electron chi connectivity index (χ2n) is 5.46. The van der Waals surface area contributed by atoms with Gasteiger partial charge in [0.15, 0.2) is 0 Å². The summed E-state index contributed by atoms with van der Waals surface area (Å²) in [7, 11) is 0. The lowest BCUT2D eigenvalue weighted by molar-refractivity contribution is -0.128. The van der Waals surface area contributed by atoms with Crippen molar-refractivity contribution in [2.45, 2.75) is 26.4 Å². The van der Waals surface area contributed by atoms with Crippen LogP contribution in [0.1, 0.15) is 19.7 Å². The Kier molecular flexibility index (Phi) is 3.62. The van der Waals surface area contributed by atoms with Gasteiger partial charge in [0.25, 0.3) is 5.91 Å². The van der Waals surface area contributed by atoms with E-state index in [2.05, 4.69) is 15.5 Å². The first-order valence-corrected chi connectivity index (χ1v) is 7.06. The Morgan fingerprint density at radius 1 is 1.23 bits per heavy atom. The Hall–Kier alpha value is -2.70. The van der Waals surface area contributed by atoms with Crippen LogP contribution in [-0.4, -0.2) is 33.1 Å². The molecule has 2 aromatic rings. The zero-order chi connectivity index (χ0) is 15.7. The van der Waals surface area contributed by atoms with Crippen LogP contribution in [0.3, 0.4) is 0 Å². The van der Waals surface area contributed by atoms with E-state index in [9.17, 15) is 9.59 Å². The first-order chi connectivity index (χ1) is 10.6. The number of hydrogen-bond donors (Lipinski definition) is 1. The molecular weight excluding hydrogens is 284 g/mol. The van der Waals surface area contributed by atoms with Crippen LogP contribution < -0.4 is 5.32 Å². The van der Waals surface area contributed by atoms with E-state index in [1.165, 1.54) is 0 Å². The third-order valence-electron chi connectivity index (χ3n) is 3.50. The van der Waals surface area contributed by atoms with Gasteiger partial charge in [-0.2, -0.15) is 0 Å². The van der Waals surface area contributed by atoms with Gasteiger partial charge >= 0.3 is 6.03 Å². The molecule has 2 heterocycles. The van der Waals surface area contributed by atoms with Crippen LogP contribution in [0.25, 0.3) is 11.5 Å². The van der Waals surface area contributed by atoms with Gasteiger partial charge in [0.1, 0.15) is 12.6 Å². The number of benzene rings is 1. The van der Waals surface area contributed by atoms with Gasteiger partial charge in [-0.3, -0.25) is 9.69 Å². The normalized spacial score (nSPS) is 18.1. The van der Waals surface area contributed by atoms with Gasteiger partial charge in [0.2, 0.25) is 11.8 Å². The molecule has 0 aliphatic carbocycles. The van der Waals surface area contributed by atoms with Crippen molar-refractivity contribution in [3.05, 3.63) is 36.2 Å².